The topological polar surface area (TPSA) is 27.7 Å². The maximum atomic E-state index is 5.07. The molecule has 3 heterocycles. The first-order chi connectivity index (χ1) is 22.4. The number of imidazole rings is 1. The third-order valence-corrected chi connectivity index (χ3v) is 9.28. The second-order valence-electron chi connectivity index (χ2n) is 11.6. The molecule has 0 aliphatic carbocycles. The van der Waals surface area contributed by atoms with Crippen LogP contribution in [-0.4, -0.2) is 18.7 Å². The van der Waals surface area contributed by atoms with Crippen molar-refractivity contribution in [2.75, 3.05) is 0 Å². The summed E-state index contributed by atoms with van der Waals surface area (Å²) in [5.74, 6) is 0. The lowest BCUT2D eigenvalue weighted by Gasteiger charge is -2.14. The van der Waals surface area contributed by atoms with Crippen LogP contribution in [0.5, 0.6) is 0 Å². The molecule has 0 N–H and O–H groups in total. The fourth-order valence-electron chi connectivity index (χ4n) is 7.49. The van der Waals surface area contributed by atoms with Crippen molar-refractivity contribution in [2.45, 2.75) is 0 Å². The summed E-state index contributed by atoms with van der Waals surface area (Å²) >= 11 is 0. The van der Waals surface area contributed by atoms with Crippen molar-refractivity contribution in [2.24, 2.45) is 0 Å². The van der Waals surface area contributed by atoms with Crippen LogP contribution in [-0.2, 0) is 0 Å². The Balaban J connectivity index is 1.48. The molecule has 0 spiro atoms. The van der Waals surface area contributed by atoms with Gasteiger partial charge >= 0.3 is 0 Å². The molecule has 0 amide bonds. The van der Waals surface area contributed by atoms with E-state index in [2.05, 4.69) is 159 Å². The number of hydrogen-bond donors (Lipinski definition) is 0. The van der Waals surface area contributed by atoms with Crippen LogP contribution in [0.25, 0.3) is 82.5 Å². The van der Waals surface area contributed by atoms with E-state index < -0.39 is 0 Å². The summed E-state index contributed by atoms with van der Waals surface area (Å²) in [4.78, 5) is 5.07. The highest BCUT2D eigenvalue weighted by molar-refractivity contribution is 6.36. The predicted octanol–water partition coefficient (Wildman–Crippen LogP) is 10.4. The first-order valence-corrected chi connectivity index (χ1v) is 15.3. The first kappa shape index (κ1) is 24.3. The summed E-state index contributed by atoms with van der Waals surface area (Å²) in [7, 11) is 0. The fraction of sp³-hybridized carbons (Fsp3) is 0. The number of rotatable bonds is 3. The molecule has 0 saturated carbocycles. The normalized spacial score (nSPS) is 12.0. The van der Waals surface area contributed by atoms with Crippen molar-refractivity contribution in [3.63, 3.8) is 0 Å². The zero-order valence-corrected chi connectivity index (χ0v) is 24.3. The number of hydrogen-bond acceptors (Lipinski definition) is 1. The zero-order valence-electron chi connectivity index (χ0n) is 24.3. The molecule has 7 aromatic carbocycles. The van der Waals surface area contributed by atoms with Crippen LogP contribution in [0, 0.1) is 0 Å². The second-order valence-corrected chi connectivity index (χ2v) is 11.6. The van der Waals surface area contributed by atoms with Gasteiger partial charge in [0.05, 0.1) is 33.3 Å². The minimum Gasteiger partial charge on any atom is -0.307 e. The molecule has 10 rings (SSSR count). The highest BCUT2D eigenvalue weighted by atomic mass is 15.1. The van der Waals surface area contributed by atoms with Gasteiger partial charge in [0.1, 0.15) is 11.8 Å². The Morgan fingerprint density at radius 2 is 0.867 bits per heavy atom. The molecule has 0 aliphatic rings. The molecule has 0 atom stereocenters. The monoisotopic (exact) mass is 574 g/mol. The average Bonchev–Trinajstić information content (AvgIpc) is 3.80. The van der Waals surface area contributed by atoms with Crippen LogP contribution in [0.4, 0.5) is 0 Å². The zero-order chi connectivity index (χ0) is 29.5. The Kier molecular flexibility index (Phi) is 4.96. The average molecular weight is 575 g/mol. The van der Waals surface area contributed by atoms with E-state index in [1.54, 1.807) is 0 Å². The molecule has 0 aliphatic heterocycles. The number of benzene rings is 7. The van der Waals surface area contributed by atoms with Crippen LogP contribution in [0.15, 0.2) is 158 Å². The van der Waals surface area contributed by atoms with Gasteiger partial charge in [-0.25, -0.2) is 4.98 Å². The molecule has 0 fully saturated rings. The van der Waals surface area contributed by atoms with Gasteiger partial charge in [0.2, 0.25) is 0 Å². The summed E-state index contributed by atoms with van der Waals surface area (Å²) in [5, 5.41) is 7.53. The van der Waals surface area contributed by atoms with Gasteiger partial charge in [-0.3, -0.25) is 4.57 Å². The van der Waals surface area contributed by atoms with E-state index >= 15 is 0 Å². The van der Waals surface area contributed by atoms with Gasteiger partial charge in [-0.15, -0.1) is 0 Å². The van der Waals surface area contributed by atoms with Crippen molar-refractivity contribution in [1.82, 2.24) is 18.7 Å². The second kappa shape index (κ2) is 9.18. The van der Waals surface area contributed by atoms with E-state index in [1.807, 2.05) is 12.4 Å². The van der Waals surface area contributed by atoms with Crippen molar-refractivity contribution >= 4 is 65.4 Å². The summed E-state index contributed by atoms with van der Waals surface area (Å²) in [6.07, 6.45) is 1.95. The van der Waals surface area contributed by atoms with Crippen LogP contribution < -0.4 is 0 Å². The van der Waals surface area contributed by atoms with E-state index in [0.29, 0.717) is 0 Å². The summed E-state index contributed by atoms with van der Waals surface area (Å²) < 4.78 is 7.10. The SMILES string of the molecule is c1ccc(-n2cnc3c(-n4c5ccccc5c5c6ccccc6c6c7ccccc7n(-c7ccccc7)c6c54)cccc32)cc1. The van der Waals surface area contributed by atoms with Gasteiger partial charge in [-0.1, -0.05) is 103 Å². The highest BCUT2D eigenvalue weighted by Crippen LogP contribution is 2.47. The van der Waals surface area contributed by atoms with Crippen LogP contribution in [0.1, 0.15) is 0 Å². The molecular weight excluding hydrogens is 548 g/mol. The smallest absolute Gasteiger partial charge is 0.113 e. The first-order valence-electron chi connectivity index (χ1n) is 15.3. The van der Waals surface area contributed by atoms with Crippen molar-refractivity contribution in [3.05, 3.63) is 158 Å². The number of para-hydroxylation sites is 5. The van der Waals surface area contributed by atoms with E-state index in [-0.39, 0.29) is 0 Å². The van der Waals surface area contributed by atoms with Crippen LogP contribution >= 0.6 is 0 Å². The number of fused-ring (bicyclic) bond motifs is 11. The summed E-state index contributed by atoms with van der Waals surface area (Å²) in [6, 6.07) is 54.3. The van der Waals surface area contributed by atoms with Crippen molar-refractivity contribution in [1.29, 1.82) is 0 Å². The fourth-order valence-corrected chi connectivity index (χ4v) is 7.49. The predicted molar refractivity (Wildman–Crippen MR) is 187 cm³/mol. The highest BCUT2D eigenvalue weighted by Gasteiger charge is 2.25. The third kappa shape index (κ3) is 3.28. The molecule has 0 bridgehead atoms. The Bertz CT molecular complexity index is 2750. The van der Waals surface area contributed by atoms with E-state index in [0.717, 1.165) is 33.6 Å². The Hall–Kier alpha value is -6.13. The molecule has 4 heteroatoms. The standard InChI is InChI=1S/C41H26N4/c1-3-14-27(15-4-1)43-26-42-39-35(43)24-13-25-36(39)45-34-23-12-10-21-32(34)38-30-19-8-7-18-29(30)37-31-20-9-11-22-33(31)44(40(37)41(38)45)28-16-5-2-6-17-28/h1-26H. The molecule has 210 valence electrons. The molecular formula is C41H26N4. The summed E-state index contributed by atoms with van der Waals surface area (Å²) in [5.41, 5.74) is 10.1. The molecule has 10 aromatic rings. The van der Waals surface area contributed by atoms with Gasteiger partial charge in [0, 0.05) is 32.9 Å². The molecule has 0 unspecified atom stereocenters. The van der Waals surface area contributed by atoms with E-state index in [1.165, 1.54) is 48.9 Å². The van der Waals surface area contributed by atoms with Gasteiger partial charge in [0.15, 0.2) is 0 Å². The van der Waals surface area contributed by atoms with Gasteiger partial charge < -0.3 is 9.13 Å². The summed E-state index contributed by atoms with van der Waals surface area (Å²) in [6.45, 7) is 0. The Morgan fingerprint density at radius 3 is 1.51 bits per heavy atom. The third-order valence-electron chi connectivity index (χ3n) is 9.28. The minimum atomic E-state index is 0.965. The van der Waals surface area contributed by atoms with Crippen LogP contribution in [0.3, 0.4) is 0 Å². The van der Waals surface area contributed by atoms with E-state index in [4.69, 9.17) is 4.98 Å². The Morgan fingerprint density at radius 1 is 0.378 bits per heavy atom. The molecule has 0 radical (unpaired) electrons. The largest absolute Gasteiger partial charge is 0.307 e. The van der Waals surface area contributed by atoms with Gasteiger partial charge in [-0.2, -0.15) is 0 Å². The maximum Gasteiger partial charge on any atom is 0.113 e. The lowest BCUT2D eigenvalue weighted by atomic mass is 9.98. The molecule has 3 aromatic heterocycles. The molecule has 45 heavy (non-hydrogen) atoms. The quantitative estimate of drug-likeness (QED) is 0.206. The van der Waals surface area contributed by atoms with Crippen molar-refractivity contribution in [3.8, 4) is 17.1 Å². The molecule has 0 saturated heterocycles. The minimum absolute atomic E-state index is 0.965. The van der Waals surface area contributed by atoms with Crippen LogP contribution in [0.2, 0.25) is 0 Å². The van der Waals surface area contributed by atoms with Crippen molar-refractivity contribution < 1.29 is 0 Å². The van der Waals surface area contributed by atoms with Gasteiger partial charge in [0.25, 0.3) is 0 Å². The number of aromatic nitrogens is 4. The Labute approximate surface area is 258 Å². The number of nitrogens with zero attached hydrogens (tertiary/aromatic N) is 4. The van der Waals surface area contributed by atoms with E-state index in [9.17, 15) is 0 Å². The maximum absolute atomic E-state index is 5.07. The van der Waals surface area contributed by atoms with Gasteiger partial charge in [-0.05, 0) is 59.3 Å². The lowest BCUT2D eigenvalue weighted by Crippen LogP contribution is -2.00. The lowest BCUT2D eigenvalue weighted by molar-refractivity contribution is 1.09. The molecule has 4 nitrogen and oxygen atoms in total.